The number of anilines is 1. The van der Waals surface area contributed by atoms with Crippen molar-refractivity contribution in [1.82, 2.24) is 5.32 Å². The van der Waals surface area contributed by atoms with Crippen molar-refractivity contribution in [3.8, 4) is 0 Å². The van der Waals surface area contributed by atoms with Gasteiger partial charge in [-0.1, -0.05) is 30.2 Å². The molecule has 6 heteroatoms. The molecule has 3 N–H and O–H groups in total. The van der Waals surface area contributed by atoms with Crippen molar-refractivity contribution in [1.29, 1.82) is 0 Å². The molecule has 0 bridgehead atoms. The number of carboxylic acids is 1. The lowest BCUT2D eigenvalue weighted by atomic mass is 9.66. The second-order valence-electron chi connectivity index (χ2n) is 5.21. The van der Waals surface area contributed by atoms with Gasteiger partial charge in [-0.3, -0.25) is 4.79 Å². The number of urea groups is 1. The topological polar surface area (TPSA) is 78.4 Å². The smallest absolute Gasteiger partial charge is 0.319 e. The highest BCUT2D eigenvalue weighted by Crippen LogP contribution is 2.43. The molecule has 108 valence electrons. The molecule has 5 nitrogen and oxygen atoms in total. The lowest BCUT2D eigenvalue weighted by molar-refractivity contribution is -0.141. The number of hydrogen-bond acceptors (Lipinski definition) is 2. The van der Waals surface area contributed by atoms with E-state index in [1.807, 2.05) is 0 Å². The molecule has 0 heterocycles. The van der Waals surface area contributed by atoms with Crippen LogP contribution in [0, 0.1) is 5.41 Å². The monoisotopic (exact) mass is 296 g/mol. The number of nitrogens with one attached hydrogen (secondary N) is 2. The Kier molecular flexibility index (Phi) is 4.49. The molecule has 0 spiro atoms. The van der Waals surface area contributed by atoms with Crippen molar-refractivity contribution >= 4 is 29.3 Å². The van der Waals surface area contributed by atoms with Gasteiger partial charge in [0.1, 0.15) is 0 Å². The van der Waals surface area contributed by atoms with Gasteiger partial charge in [-0.2, -0.15) is 0 Å². The first kappa shape index (κ1) is 14.7. The standard InChI is InChI=1S/C14H17ClN2O3/c15-10-4-1-2-5-11(10)17-13(20)16-9-14(6-3-7-14)8-12(18)19/h1-2,4-5H,3,6-9H2,(H,18,19)(H2,16,17,20). The number of amides is 2. The van der Waals surface area contributed by atoms with Crippen molar-refractivity contribution < 1.29 is 14.7 Å². The van der Waals surface area contributed by atoms with Crippen molar-refractivity contribution in [3.05, 3.63) is 29.3 Å². The van der Waals surface area contributed by atoms with Crippen LogP contribution < -0.4 is 10.6 Å². The van der Waals surface area contributed by atoms with Crippen LogP contribution in [0.25, 0.3) is 0 Å². The van der Waals surface area contributed by atoms with E-state index in [4.69, 9.17) is 16.7 Å². The number of rotatable bonds is 5. The third kappa shape index (κ3) is 3.63. The maximum atomic E-state index is 11.8. The van der Waals surface area contributed by atoms with Gasteiger partial charge in [0.2, 0.25) is 0 Å². The van der Waals surface area contributed by atoms with Crippen molar-refractivity contribution in [2.45, 2.75) is 25.7 Å². The molecule has 1 aliphatic rings. The normalized spacial score (nSPS) is 16.1. The van der Waals surface area contributed by atoms with Gasteiger partial charge in [-0.25, -0.2) is 4.79 Å². The summed E-state index contributed by atoms with van der Waals surface area (Å²) in [5.41, 5.74) is 0.247. The number of carbonyl (C=O) groups excluding carboxylic acids is 1. The van der Waals surface area contributed by atoms with E-state index in [0.29, 0.717) is 17.3 Å². The maximum Gasteiger partial charge on any atom is 0.319 e. The van der Waals surface area contributed by atoms with E-state index in [-0.39, 0.29) is 17.9 Å². The highest BCUT2D eigenvalue weighted by Gasteiger charge is 2.39. The van der Waals surface area contributed by atoms with Crippen LogP contribution in [-0.4, -0.2) is 23.7 Å². The van der Waals surface area contributed by atoms with Gasteiger partial charge in [0.05, 0.1) is 17.1 Å². The third-order valence-corrected chi connectivity index (χ3v) is 4.02. The molecule has 0 atom stereocenters. The summed E-state index contributed by atoms with van der Waals surface area (Å²) in [5, 5.41) is 14.8. The molecule has 0 aliphatic heterocycles. The Hall–Kier alpha value is -1.75. The Labute approximate surface area is 122 Å². The van der Waals surface area contributed by atoms with E-state index in [1.165, 1.54) is 0 Å². The zero-order valence-corrected chi connectivity index (χ0v) is 11.7. The van der Waals surface area contributed by atoms with E-state index in [0.717, 1.165) is 19.3 Å². The molecule has 1 aliphatic carbocycles. The van der Waals surface area contributed by atoms with E-state index in [2.05, 4.69) is 10.6 Å². The van der Waals surface area contributed by atoms with E-state index < -0.39 is 5.97 Å². The maximum absolute atomic E-state index is 11.8. The second-order valence-corrected chi connectivity index (χ2v) is 5.62. The summed E-state index contributed by atoms with van der Waals surface area (Å²) in [7, 11) is 0. The SMILES string of the molecule is O=C(O)CC1(CNC(=O)Nc2ccccc2Cl)CCC1. The fourth-order valence-corrected chi connectivity index (χ4v) is 2.59. The molecule has 0 unspecified atom stereocenters. The first-order valence-electron chi connectivity index (χ1n) is 6.52. The molecule has 1 fully saturated rings. The number of carbonyl (C=O) groups is 2. The molecule has 1 aromatic carbocycles. The predicted molar refractivity (Wildman–Crippen MR) is 77.0 cm³/mol. The predicted octanol–water partition coefficient (Wildman–Crippen LogP) is 3.11. The van der Waals surface area contributed by atoms with E-state index in [9.17, 15) is 9.59 Å². The van der Waals surface area contributed by atoms with Gasteiger partial charge in [-0.05, 0) is 30.4 Å². The largest absolute Gasteiger partial charge is 0.481 e. The van der Waals surface area contributed by atoms with Gasteiger partial charge >= 0.3 is 12.0 Å². The Morgan fingerprint density at radius 1 is 1.30 bits per heavy atom. The lowest BCUT2D eigenvalue weighted by Gasteiger charge is -2.40. The summed E-state index contributed by atoms with van der Waals surface area (Å²) in [5.74, 6) is -0.821. The second kappa shape index (κ2) is 6.13. The molecular weight excluding hydrogens is 280 g/mol. The minimum Gasteiger partial charge on any atom is -0.481 e. The number of carboxylic acid groups (broad SMARTS) is 1. The van der Waals surface area contributed by atoms with E-state index in [1.54, 1.807) is 24.3 Å². The summed E-state index contributed by atoms with van der Waals surface area (Å²) in [6.45, 7) is 0.371. The van der Waals surface area contributed by atoms with Crippen molar-refractivity contribution in [2.24, 2.45) is 5.41 Å². The summed E-state index contributed by atoms with van der Waals surface area (Å²) < 4.78 is 0. The number of halogens is 1. The number of aliphatic carboxylic acids is 1. The summed E-state index contributed by atoms with van der Waals surface area (Å²) in [4.78, 5) is 22.7. The van der Waals surface area contributed by atoms with Gasteiger partial charge < -0.3 is 15.7 Å². The molecule has 1 aromatic rings. The summed E-state index contributed by atoms with van der Waals surface area (Å²) in [6, 6.07) is 6.59. The molecule has 20 heavy (non-hydrogen) atoms. The fraction of sp³-hybridized carbons (Fsp3) is 0.429. The average Bonchev–Trinajstić information content (AvgIpc) is 2.35. The third-order valence-electron chi connectivity index (χ3n) is 3.69. The minimum absolute atomic E-state index is 0.0966. The van der Waals surface area contributed by atoms with Crippen molar-refractivity contribution in [2.75, 3.05) is 11.9 Å². The molecular formula is C14H17ClN2O3. The zero-order valence-electron chi connectivity index (χ0n) is 11.0. The van der Waals surface area contributed by atoms with Gasteiger partial charge in [0, 0.05) is 6.54 Å². The Balaban J connectivity index is 1.86. The quantitative estimate of drug-likeness (QED) is 0.781. The molecule has 0 aromatic heterocycles. The zero-order chi connectivity index (χ0) is 14.6. The van der Waals surface area contributed by atoms with Crippen LogP contribution in [0.1, 0.15) is 25.7 Å². The van der Waals surface area contributed by atoms with Gasteiger partial charge in [0.15, 0.2) is 0 Å². The molecule has 1 saturated carbocycles. The molecule has 0 saturated heterocycles. The van der Waals surface area contributed by atoms with Crippen LogP contribution in [0.4, 0.5) is 10.5 Å². The minimum atomic E-state index is -0.821. The first-order chi connectivity index (χ1) is 9.51. The van der Waals surface area contributed by atoms with Crippen LogP contribution in [-0.2, 0) is 4.79 Å². The Bertz CT molecular complexity index is 515. The van der Waals surface area contributed by atoms with Gasteiger partial charge in [-0.15, -0.1) is 0 Å². The Morgan fingerprint density at radius 3 is 2.55 bits per heavy atom. The molecule has 2 amide bonds. The van der Waals surface area contributed by atoms with Crippen LogP contribution in [0.3, 0.4) is 0 Å². The molecule has 2 rings (SSSR count). The molecule has 0 radical (unpaired) electrons. The van der Waals surface area contributed by atoms with Gasteiger partial charge in [0.25, 0.3) is 0 Å². The van der Waals surface area contributed by atoms with Crippen LogP contribution in [0.5, 0.6) is 0 Å². The highest BCUT2D eigenvalue weighted by molar-refractivity contribution is 6.33. The number of hydrogen-bond donors (Lipinski definition) is 3. The lowest BCUT2D eigenvalue weighted by Crippen LogP contribution is -2.44. The first-order valence-corrected chi connectivity index (χ1v) is 6.90. The van der Waals surface area contributed by atoms with E-state index >= 15 is 0 Å². The number of para-hydroxylation sites is 1. The Morgan fingerprint density at radius 2 is 2.00 bits per heavy atom. The fourth-order valence-electron chi connectivity index (χ4n) is 2.41. The van der Waals surface area contributed by atoms with Crippen molar-refractivity contribution in [3.63, 3.8) is 0 Å². The highest BCUT2D eigenvalue weighted by atomic mass is 35.5. The van der Waals surface area contributed by atoms with Crippen LogP contribution in [0.2, 0.25) is 5.02 Å². The van der Waals surface area contributed by atoms with Crippen LogP contribution >= 0.6 is 11.6 Å². The summed E-state index contributed by atoms with van der Waals surface area (Å²) >= 11 is 5.95. The summed E-state index contributed by atoms with van der Waals surface area (Å²) in [6.07, 6.45) is 2.79. The van der Waals surface area contributed by atoms with Crippen LogP contribution in [0.15, 0.2) is 24.3 Å². The average molecular weight is 297 g/mol. The number of benzene rings is 1.